The molecule has 1 aliphatic heterocycles. The molecule has 1 N–H and O–H groups in total. The predicted octanol–water partition coefficient (Wildman–Crippen LogP) is 0.510. The van der Waals surface area contributed by atoms with Crippen LogP contribution in [-0.2, 0) is 9.53 Å². The third-order valence-electron chi connectivity index (χ3n) is 1.89. The Morgan fingerprint density at radius 3 is 3.00 bits per heavy atom. The van der Waals surface area contributed by atoms with Crippen LogP contribution in [0, 0.1) is 0 Å². The first-order valence-corrected chi connectivity index (χ1v) is 4.21. The van der Waals surface area contributed by atoms with E-state index in [0.717, 1.165) is 13.1 Å². The lowest BCUT2D eigenvalue weighted by Crippen LogP contribution is -2.39. The van der Waals surface area contributed by atoms with Crippen molar-refractivity contribution in [3.8, 4) is 0 Å². The van der Waals surface area contributed by atoms with Gasteiger partial charge in [-0.3, -0.25) is 4.79 Å². The van der Waals surface area contributed by atoms with E-state index >= 15 is 0 Å². The van der Waals surface area contributed by atoms with E-state index in [4.69, 9.17) is 4.74 Å². The molecule has 0 aliphatic carbocycles. The van der Waals surface area contributed by atoms with Gasteiger partial charge in [0.1, 0.15) is 0 Å². The average molecular weight is 169 g/mol. The molecular formula is C9H15NO2. The molecule has 1 atom stereocenters. The number of carbonyl (C=O) groups excluding carboxylic acids is 1. The number of carbonyl (C=O) groups is 1. The van der Waals surface area contributed by atoms with Crippen molar-refractivity contribution in [1.29, 1.82) is 0 Å². The van der Waals surface area contributed by atoms with Gasteiger partial charge < -0.3 is 10.1 Å². The first kappa shape index (κ1) is 9.42. The first-order valence-electron chi connectivity index (χ1n) is 4.21. The van der Waals surface area contributed by atoms with Gasteiger partial charge in [0, 0.05) is 19.5 Å². The van der Waals surface area contributed by atoms with Crippen LogP contribution in [0.25, 0.3) is 0 Å². The van der Waals surface area contributed by atoms with Crippen molar-refractivity contribution in [2.45, 2.75) is 19.4 Å². The van der Waals surface area contributed by atoms with E-state index < -0.39 is 0 Å². The van der Waals surface area contributed by atoms with E-state index in [0.29, 0.717) is 18.6 Å². The van der Waals surface area contributed by atoms with E-state index in [9.17, 15) is 4.79 Å². The van der Waals surface area contributed by atoms with Crippen molar-refractivity contribution in [3.63, 3.8) is 0 Å². The van der Waals surface area contributed by atoms with E-state index in [1.54, 1.807) is 6.92 Å². The second-order valence-electron chi connectivity index (χ2n) is 3.10. The fourth-order valence-corrected chi connectivity index (χ4v) is 1.13. The molecule has 1 saturated heterocycles. The summed E-state index contributed by atoms with van der Waals surface area (Å²) in [7, 11) is 0. The van der Waals surface area contributed by atoms with Crippen LogP contribution >= 0.6 is 0 Å². The minimum Gasteiger partial charge on any atom is -0.375 e. The molecule has 1 fully saturated rings. The molecule has 68 valence electrons. The molecular weight excluding hydrogens is 154 g/mol. The van der Waals surface area contributed by atoms with Gasteiger partial charge in [0.25, 0.3) is 0 Å². The molecule has 0 aromatic carbocycles. The number of hydrogen-bond acceptors (Lipinski definition) is 3. The number of nitrogens with one attached hydrogen (secondary N) is 1. The monoisotopic (exact) mass is 169 g/mol. The lowest BCUT2D eigenvalue weighted by atomic mass is 10.1. The van der Waals surface area contributed by atoms with Crippen LogP contribution in [-0.4, -0.2) is 31.6 Å². The number of hydrogen-bond donors (Lipinski definition) is 1. The summed E-state index contributed by atoms with van der Waals surface area (Å²) in [6, 6.07) is 0. The van der Waals surface area contributed by atoms with Crippen LogP contribution in [0.15, 0.2) is 12.2 Å². The van der Waals surface area contributed by atoms with E-state index in [1.165, 1.54) is 0 Å². The largest absolute Gasteiger partial charge is 0.375 e. The minimum absolute atomic E-state index is 0.0444. The molecule has 12 heavy (non-hydrogen) atoms. The summed E-state index contributed by atoms with van der Waals surface area (Å²) < 4.78 is 5.37. The second kappa shape index (κ2) is 4.38. The van der Waals surface area contributed by atoms with Gasteiger partial charge in [-0.1, -0.05) is 6.58 Å². The van der Waals surface area contributed by atoms with Crippen LogP contribution in [0.1, 0.15) is 13.3 Å². The molecule has 1 rings (SSSR count). The maximum Gasteiger partial charge on any atom is 0.160 e. The number of Topliss-reactive ketones (excluding diaryl/α,β-unsaturated/α-hetero) is 1. The highest BCUT2D eigenvalue weighted by molar-refractivity contribution is 5.94. The molecule has 3 heteroatoms. The maximum absolute atomic E-state index is 11.2. The summed E-state index contributed by atoms with van der Waals surface area (Å²) in [5.74, 6) is 0.101. The Balaban J connectivity index is 2.29. The molecule has 0 bridgehead atoms. The van der Waals surface area contributed by atoms with E-state index in [1.807, 2.05) is 0 Å². The summed E-state index contributed by atoms with van der Waals surface area (Å²) in [5, 5.41) is 3.17. The van der Waals surface area contributed by atoms with E-state index in [-0.39, 0.29) is 11.9 Å². The zero-order valence-corrected chi connectivity index (χ0v) is 7.43. The van der Waals surface area contributed by atoms with Crippen molar-refractivity contribution in [1.82, 2.24) is 5.32 Å². The molecule has 0 amide bonds. The molecule has 1 aliphatic rings. The fraction of sp³-hybridized carbons (Fsp3) is 0.667. The summed E-state index contributed by atoms with van der Waals surface area (Å²) in [6.07, 6.45) is 0.505. The molecule has 0 aromatic rings. The highest BCUT2D eigenvalue weighted by atomic mass is 16.5. The number of ketones is 1. The number of ether oxygens (including phenoxy) is 1. The van der Waals surface area contributed by atoms with Gasteiger partial charge in [-0.05, 0) is 12.5 Å². The zero-order chi connectivity index (χ0) is 8.97. The Bertz CT molecular complexity index is 183. The SMILES string of the molecule is C=C(C)C(=O)CC1CNCCO1. The van der Waals surface area contributed by atoms with Crippen LogP contribution in [0.4, 0.5) is 0 Å². The summed E-state index contributed by atoms with van der Waals surface area (Å²) in [5.41, 5.74) is 0.615. The van der Waals surface area contributed by atoms with Gasteiger partial charge >= 0.3 is 0 Å². The molecule has 0 saturated carbocycles. The van der Waals surface area contributed by atoms with Crippen molar-refractivity contribution < 1.29 is 9.53 Å². The summed E-state index contributed by atoms with van der Waals surface area (Å²) in [6.45, 7) is 7.70. The third kappa shape index (κ3) is 2.75. The van der Waals surface area contributed by atoms with Crippen LogP contribution < -0.4 is 5.32 Å². The normalized spacial score (nSPS) is 23.6. The van der Waals surface area contributed by atoms with Crippen LogP contribution in [0.5, 0.6) is 0 Å². The van der Waals surface area contributed by atoms with Gasteiger partial charge in [-0.25, -0.2) is 0 Å². The predicted molar refractivity (Wildman–Crippen MR) is 47.0 cm³/mol. The standard InChI is InChI=1S/C9H15NO2/c1-7(2)9(11)5-8-6-10-3-4-12-8/h8,10H,1,3-6H2,2H3. The van der Waals surface area contributed by atoms with Gasteiger partial charge in [0.2, 0.25) is 0 Å². The average Bonchev–Trinajstić information content (AvgIpc) is 2.06. The molecule has 3 nitrogen and oxygen atoms in total. The number of allylic oxidation sites excluding steroid dienone is 1. The Morgan fingerprint density at radius 2 is 2.50 bits per heavy atom. The van der Waals surface area contributed by atoms with Gasteiger partial charge in [0.05, 0.1) is 12.7 Å². The smallest absolute Gasteiger partial charge is 0.160 e. The third-order valence-corrected chi connectivity index (χ3v) is 1.89. The Morgan fingerprint density at radius 1 is 1.75 bits per heavy atom. The fourth-order valence-electron chi connectivity index (χ4n) is 1.13. The van der Waals surface area contributed by atoms with Gasteiger partial charge in [-0.2, -0.15) is 0 Å². The summed E-state index contributed by atoms with van der Waals surface area (Å²) >= 11 is 0. The summed E-state index contributed by atoms with van der Waals surface area (Å²) in [4.78, 5) is 11.2. The second-order valence-corrected chi connectivity index (χ2v) is 3.10. The van der Waals surface area contributed by atoms with Crippen LogP contribution in [0.2, 0.25) is 0 Å². The zero-order valence-electron chi connectivity index (χ0n) is 7.43. The lowest BCUT2D eigenvalue weighted by Gasteiger charge is -2.22. The van der Waals surface area contributed by atoms with Gasteiger partial charge in [-0.15, -0.1) is 0 Å². The van der Waals surface area contributed by atoms with Gasteiger partial charge in [0.15, 0.2) is 5.78 Å². The maximum atomic E-state index is 11.2. The Labute approximate surface area is 72.8 Å². The lowest BCUT2D eigenvalue weighted by molar-refractivity contribution is -0.118. The molecule has 0 spiro atoms. The van der Waals surface area contributed by atoms with Crippen molar-refractivity contribution in [2.24, 2.45) is 0 Å². The van der Waals surface area contributed by atoms with Crippen molar-refractivity contribution >= 4 is 5.78 Å². The van der Waals surface area contributed by atoms with E-state index in [2.05, 4.69) is 11.9 Å². The molecule has 0 aromatic heterocycles. The molecule has 1 unspecified atom stereocenters. The highest BCUT2D eigenvalue weighted by Crippen LogP contribution is 2.05. The van der Waals surface area contributed by atoms with Crippen molar-refractivity contribution in [3.05, 3.63) is 12.2 Å². The minimum atomic E-state index is 0.0444. The van der Waals surface area contributed by atoms with Crippen molar-refractivity contribution in [2.75, 3.05) is 19.7 Å². The topological polar surface area (TPSA) is 38.3 Å². The Kier molecular flexibility index (Phi) is 3.44. The quantitative estimate of drug-likeness (QED) is 0.626. The molecule has 1 heterocycles. The number of morpholine rings is 1. The number of rotatable bonds is 3. The Hall–Kier alpha value is -0.670. The van der Waals surface area contributed by atoms with Crippen LogP contribution in [0.3, 0.4) is 0 Å². The molecule has 0 radical (unpaired) electrons. The highest BCUT2D eigenvalue weighted by Gasteiger charge is 2.16. The first-order chi connectivity index (χ1) is 5.70.